The first kappa shape index (κ1) is 11.8. The van der Waals surface area contributed by atoms with E-state index in [1.807, 2.05) is 0 Å². The molecule has 0 aromatic heterocycles. The fourth-order valence-corrected chi connectivity index (χ4v) is 1.67. The molecule has 1 aliphatic rings. The number of aliphatic hydroxyl groups excluding tert-OH is 3. The predicted molar refractivity (Wildman–Crippen MR) is 55.1 cm³/mol. The van der Waals surface area contributed by atoms with Gasteiger partial charge in [0.2, 0.25) is 0 Å². The molecule has 0 amide bonds. The molecule has 0 spiro atoms. The van der Waals surface area contributed by atoms with Crippen LogP contribution in [0, 0.1) is 0 Å². The average Bonchev–Trinajstić information content (AvgIpc) is 2.23. The number of Topliss-reactive ketones (excluding diaryl/α,β-unsaturated/α-hetero) is 1. The van der Waals surface area contributed by atoms with Gasteiger partial charge in [0.1, 0.15) is 0 Å². The summed E-state index contributed by atoms with van der Waals surface area (Å²) < 4.78 is 0. The van der Waals surface area contributed by atoms with Gasteiger partial charge in [-0.15, -0.1) is 0 Å². The Bertz CT molecular complexity index is 363. The van der Waals surface area contributed by atoms with Gasteiger partial charge in [-0.2, -0.15) is 0 Å². The van der Waals surface area contributed by atoms with Gasteiger partial charge in [-0.05, 0) is 18.1 Å². The Kier molecular flexibility index (Phi) is 3.57. The maximum atomic E-state index is 11.7. The highest BCUT2D eigenvalue weighted by molar-refractivity contribution is 6.12. The van der Waals surface area contributed by atoms with E-state index >= 15 is 0 Å². The van der Waals surface area contributed by atoms with Crippen molar-refractivity contribution in [3.8, 4) is 0 Å². The largest absolute Gasteiger partial charge is 0.392 e. The van der Waals surface area contributed by atoms with E-state index < -0.39 is 19.3 Å². The topological polar surface area (TPSA) is 77.8 Å². The second kappa shape index (κ2) is 4.53. The minimum absolute atomic E-state index is 0.0606. The van der Waals surface area contributed by atoms with E-state index in [-0.39, 0.29) is 16.9 Å². The molecule has 0 aliphatic heterocycles. The second-order valence-electron chi connectivity index (χ2n) is 3.35. The first-order valence-corrected chi connectivity index (χ1v) is 4.58. The normalized spacial score (nSPS) is 22.4. The van der Waals surface area contributed by atoms with Crippen LogP contribution in [0.25, 0.3) is 0 Å². The lowest BCUT2D eigenvalue weighted by Crippen LogP contribution is -2.29. The van der Waals surface area contributed by atoms with Crippen LogP contribution in [-0.4, -0.2) is 40.4 Å². The minimum atomic E-state index is -1.01. The van der Waals surface area contributed by atoms with E-state index in [9.17, 15) is 9.90 Å². The molecule has 4 nitrogen and oxygen atoms in total. The van der Waals surface area contributed by atoms with E-state index in [0.29, 0.717) is 11.1 Å². The molecule has 0 saturated heterocycles. The zero-order valence-corrected chi connectivity index (χ0v) is 8.53. The SMILES string of the molecule is C=CC1=C(C)C(O)C(CO)=C(CO)C1=O. The van der Waals surface area contributed by atoms with Gasteiger partial charge in [-0.1, -0.05) is 12.7 Å². The minimum Gasteiger partial charge on any atom is -0.392 e. The fourth-order valence-electron chi connectivity index (χ4n) is 1.67. The van der Waals surface area contributed by atoms with Crippen molar-refractivity contribution in [2.75, 3.05) is 13.2 Å². The molecular weight excluding hydrogens is 196 g/mol. The van der Waals surface area contributed by atoms with Crippen molar-refractivity contribution in [2.24, 2.45) is 0 Å². The number of rotatable bonds is 3. The highest BCUT2D eigenvalue weighted by Crippen LogP contribution is 2.27. The van der Waals surface area contributed by atoms with Crippen molar-refractivity contribution in [1.29, 1.82) is 0 Å². The summed E-state index contributed by atoms with van der Waals surface area (Å²) in [5.41, 5.74) is 0.983. The molecule has 0 aromatic carbocycles. The molecule has 1 atom stereocenters. The van der Waals surface area contributed by atoms with Crippen molar-refractivity contribution >= 4 is 5.78 Å². The van der Waals surface area contributed by atoms with Crippen LogP contribution in [0.15, 0.2) is 34.9 Å². The number of hydrogen-bond donors (Lipinski definition) is 3. The molecule has 0 radical (unpaired) electrons. The van der Waals surface area contributed by atoms with Crippen LogP contribution in [0.5, 0.6) is 0 Å². The molecule has 1 unspecified atom stereocenters. The number of hydrogen-bond acceptors (Lipinski definition) is 4. The Morgan fingerprint density at radius 1 is 1.40 bits per heavy atom. The van der Waals surface area contributed by atoms with Crippen LogP contribution in [-0.2, 0) is 4.79 Å². The summed E-state index contributed by atoms with van der Waals surface area (Å²) in [6.45, 7) is 4.15. The molecule has 15 heavy (non-hydrogen) atoms. The van der Waals surface area contributed by atoms with E-state index in [4.69, 9.17) is 10.2 Å². The molecule has 4 heteroatoms. The second-order valence-corrected chi connectivity index (χ2v) is 3.35. The van der Waals surface area contributed by atoms with Crippen molar-refractivity contribution in [1.82, 2.24) is 0 Å². The number of carbonyl (C=O) groups excluding carboxylic acids is 1. The van der Waals surface area contributed by atoms with E-state index in [1.165, 1.54) is 6.08 Å². The summed E-state index contributed by atoms with van der Waals surface area (Å²) in [6, 6.07) is 0. The maximum Gasteiger partial charge on any atom is 0.191 e. The molecule has 1 rings (SSSR count). The third kappa shape index (κ3) is 1.79. The molecule has 0 heterocycles. The zero-order valence-electron chi connectivity index (χ0n) is 8.53. The molecule has 0 fully saturated rings. The third-order valence-electron chi connectivity index (χ3n) is 2.60. The van der Waals surface area contributed by atoms with Crippen molar-refractivity contribution in [2.45, 2.75) is 13.0 Å². The maximum absolute atomic E-state index is 11.7. The Morgan fingerprint density at radius 3 is 2.40 bits per heavy atom. The van der Waals surface area contributed by atoms with Crippen molar-refractivity contribution in [3.05, 3.63) is 34.9 Å². The lowest BCUT2D eigenvalue weighted by molar-refractivity contribution is -0.112. The molecule has 1 aliphatic carbocycles. The van der Waals surface area contributed by atoms with Gasteiger partial charge in [0, 0.05) is 11.1 Å². The average molecular weight is 210 g/mol. The Morgan fingerprint density at radius 2 is 2.00 bits per heavy atom. The van der Waals surface area contributed by atoms with Crippen LogP contribution < -0.4 is 0 Å². The first-order chi connectivity index (χ1) is 7.08. The Balaban J connectivity index is 3.31. The van der Waals surface area contributed by atoms with Gasteiger partial charge in [0.15, 0.2) is 5.78 Å². The molecular formula is C11H14O4. The molecule has 0 aromatic rings. The van der Waals surface area contributed by atoms with Gasteiger partial charge in [-0.25, -0.2) is 0 Å². The monoisotopic (exact) mass is 210 g/mol. The van der Waals surface area contributed by atoms with E-state index in [0.717, 1.165) is 0 Å². The lowest BCUT2D eigenvalue weighted by Gasteiger charge is -2.24. The summed E-state index contributed by atoms with van der Waals surface area (Å²) in [6.07, 6.45) is 0.341. The summed E-state index contributed by atoms with van der Waals surface area (Å²) in [5.74, 6) is -0.376. The van der Waals surface area contributed by atoms with Crippen molar-refractivity contribution in [3.63, 3.8) is 0 Å². The lowest BCUT2D eigenvalue weighted by atomic mass is 9.84. The third-order valence-corrected chi connectivity index (χ3v) is 2.60. The number of carbonyl (C=O) groups is 1. The Hall–Kier alpha value is -1.23. The summed E-state index contributed by atoms with van der Waals surface area (Å²) >= 11 is 0. The van der Waals surface area contributed by atoms with Gasteiger partial charge < -0.3 is 15.3 Å². The van der Waals surface area contributed by atoms with E-state index in [1.54, 1.807) is 6.92 Å². The van der Waals surface area contributed by atoms with Crippen LogP contribution in [0.2, 0.25) is 0 Å². The summed E-state index contributed by atoms with van der Waals surface area (Å²) in [4.78, 5) is 11.7. The highest BCUT2D eigenvalue weighted by atomic mass is 16.3. The predicted octanol–water partition coefficient (Wildman–Crippen LogP) is -0.286. The van der Waals surface area contributed by atoms with Gasteiger partial charge in [0.05, 0.1) is 19.3 Å². The van der Waals surface area contributed by atoms with Crippen LogP contribution in [0.3, 0.4) is 0 Å². The molecule has 0 bridgehead atoms. The number of ketones is 1. The number of allylic oxidation sites excluding steroid dienone is 2. The molecule has 82 valence electrons. The zero-order chi connectivity index (χ0) is 11.6. The van der Waals surface area contributed by atoms with Crippen LogP contribution in [0.1, 0.15) is 6.92 Å². The van der Waals surface area contributed by atoms with Gasteiger partial charge in [-0.3, -0.25) is 4.79 Å². The molecule has 0 saturated carbocycles. The standard InChI is InChI=1S/C11H14O4/c1-3-7-6(2)10(14)8(4-12)9(5-13)11(7)15/h3,10,12-14H,1,4-5H2,2H3. The first-order valence-electron chi connectivity index (χ1n) is 4.58. The quantitative estimate of drug-likeness (QED) is 0.598. The number of aliphatic hydroxyl groups is 3. The van der Waals surface area contributed by atoms with Crippen molar-refractivity contribution < 1.29 is 20.1 Å². The van der Waals surface area contributed by atoms with Crippen LogP contribution >= 0.6 is 0 Å². The van der Waals surface area contributed by atoms with Gasteiger partial charge in [0.25, 0.3) is 0 Å². The highest BCUT2D eigenvalue weighted by Gasteiger charge is 2.30. The fraction of sp³-hybridized carbons (Fsp3) is 0.364. The Labute approximate surface area is 87.9 Å². The molecule has 3 N–H and O–H groups in total. The summed E-state index contributed by atoms with van der Waals surface area (Å²) in [5, 5.41) is 27.8. The van der Waals surface area contributed by atoms with E-state index in [2.05, 4.69) is 6.58 Å². The smallest absolute Gasteiger partial charge is 0.191 e. The summed E-state index contributed by atoms with van der Waals surface area (Å²) in [7, 11) is 0. The van der Waals surface area contributed by atoms with Crippen LogP contribution in [0.4, 0.5) is 0 Å². The van der Waals surface area contributed by atoms with Gasteiger partial charge >= 0.3 is 0 Å².